The lowest BCUT2D eigenvalue weighted by Gasteiger charge is -2.15. The van der Waals surface area contributed by atoms with Crippen molar-refractivity contribution in [3.05, 3.63) is 47.2 Å². The van der Waals surface area contributed by atoms with Crippen LogP contribution in [0.2, 0.25) is 5.02 Å². The van der Waals surface area contributed by atoms with E-state index in [0.29, 0.717) is 10.8 Å². The topological polar surface area (TPSA) is 88.6 Å². The Morgan fingerprint density at radius 1 is 1.25 bits per heavy atom. The number of rotatable bonds is 5. The molecule has 0 aliphatic rings. The number of aromatic nitrogens is 1. The fraction of sp³-hybridized carbons (Fsp3) is 0.200. The fourth-order valence-corrected chi connectivity index (χ4v) is 2.96. The summed E-state index contributed by atoms with van der Waals surface area (Å²) >= 11 is 5.84. The summed E-state index contributed by atoms with van der Waals surface area (Å²) in [5, 5.41) is 2.96. The second-order valence-corrected chi connectivity index (χ2v) is 7.55. The number of sulfonamides is 1. The van der Waals surface area contributed by atoms with E-state index in [-0.39, 0.29) is 16.3 Å². The van der Waals surface area contributed by atoms with Crippen LogP contribution in [0.25, 0.3) is 0 Å². The average molecular weight is 370 g/mol. The third kappa shape index (κ3) is 3.84. The van der Waals surface area contributed by atoms with E-state index < -0.39 is 15.9 Å². The Kier molecular flexibility index (Phi) is 5.43. The molecule has 1 heterocycles. The van der Waals surface area contributed by atoms with E-state index in [1.165, 1.54) is 51.7 Å². The zero-order valence-corrected chi connectivity index (χ0v) is 14.9. The first kappa shape index (κ1) is 18.2. The van der Waals surface area contributed by atoms with Crippen LogP contribution in [0.15, 0.2) is 41.4 Å². The molecule has 0 aliphatic heterocycles. The van der Waals surface area contributed by atoms with Gasteiger partial charge in [-0.1, -0.05) is 11.6 Å². The molecule has 0 fully saturated rings. The number of methoxy groups -OCH3 is 1. The van der Waals surface area contributed by atoms with Crippen LogP contribution in [0.5, 0.6) is 5.75 Å². The van der Waals surface area contributed by atoms with Crippen molar-refractivity contribution in [3.8, 4) is 5.75 Å². The van der Waals surface area contributed by atoms with Gasteiger partial charge in [0, 0.05) is 25.3 Å². The summed E-state index contributed by atoms with van der Waals surface area (Å²) in [4.78, 5) is 16.2. The molecule has 0 saturated carbocycles. The molecule has 1 aromatic heterocycles. The number of hydrogen-bond donors (Lipinski definition) is 1. The number of pyridine rings is 1. The zero-order chi connectivity index (χ0) is 17.9. The lowest BCUT2D eigenvalue weighted by molar-refractivity contribution is 0.102. The molecule has 1 amide bonds. The Bertz CT molecular complexity index is 869. The second kappa shape index (κ2) is 7.16. The number of hydrogen-bond acceptors (Lipinski definition) is 5. The highest BCUT2D eigenvalue weighted by Crippen LogP contribution is 2.28. The molecule has 0 aliphatic carbocycles. The van der Waals surface area contributed by atoms with Crippen LogP contribution in [-0.2, 0) is 10.0 Å². The Hall–Kier alpha value is -2.16. The Labute approximate surface area is 145 Å². The van der Waals surface area contributed by atoms with Gasteiger partial charge in [-0.25, -0.2) is 12.7 Å². The molecular weight excluding hydrogens is 354 g/mol. The van der Waals surface area contributed by atoms with Gasteiger partial charge < -0.3 is 10.1 Å². The van der Waals surface area contributed by atoms with Crippen molar-refractivity contribution in [2.75, 3.05) is 26.5 Å². The number of benzene rings is 1. The minimum Gasteiger partial charge on any atom is -0.495 e. The van der Waals surface area contributed by atoms with Crippen LogP contribution in [0, 0.1) is 0 Å². The standard InChI is InChI=1S/C15H16ClN3O4S/c1-19(2)24(21,22)11-4-5-14(23-3)12(9-11)18-15(20)13-8-10(16)6-7-17-13/h4-9H,1-3H3,(H,18,20). The summed E-state index contributed by atoms with van der Waals surface area (Å²) < 4.78 is 30.7. The van der Waals surface area contributed by atoms with E-state index in [9.17, 15) is 13.2 Å². The Morgan fingerprint density at radius 3 is 2.54 bits per heavy atom. The predicted octanol–water partition coefficient (Wildman–Crippen LogP) is 2.25. The number of anilines is 1. The number of nitrogens with one attached hydrogen (secondary N) is 1. The van der Waals surface area contributed by atoms with Gasteiger partial charge in [-0.05, 0) is 30.3 Å². The van der Waals surface area contributed by atoms with Gasteiger partial charge >= 0.3 is 0 Å². The number of nitrogens with zero attached hydrogens (tertiary/aromatic N) is 2. The molecule has 0 atom stereocenters. The number of carbonyl (C=O) groups excluding carboxylic acids is 1. The summed E-state index contributed by atoms with van der Waals surface area (Å²) in [6.45, 7) is 0. The minimum absolute atomic E-state index is 0.0302. The van der Waals surface area contributed by atoms with E-state index in [0.717, 1.165) is 4.31 Å². The summed E-state index contributed by atoms with van der Waals surface area (Å²) in [6.07, 6.45) is 1.40. The molecule has 0 bridgehead atoms. The molecule has 128 valence electrons. The lowest BCUT2D eigenvalue weighted by Crippen LogP contribution is -2.22. The molecule has 24 heavy (non-hydrogen) atoms. The van der Waals surface area contributed by atoms with E-state index in [4.69, 9.17) is 16.3 Å². The van der Waals surface area contributed by atoms with E-state index in [2.05, 4.69) is 10.3 Å². The zero-order valence-electron chi connectivity index (χ0n) is 13.3. The molecule has 9 heteroatoms. The van der Waals surface area contributed by atoms with Gasteiger partial charge in [-0.3, -0.25) is 9.78 Å². The van der Waals surface area contributed by atoms with Crippen LogP contribution in [-0.4, -0.2) is 44.8 Å². The smallest absolute Gasteiger partial charge is 0.274 e. The fourth-order valence-electron chi connectivity index (χ4n) is 1.87. The third-order valence-corrected chi connectivity index (χ3v) is 5.20. The largest absolute Gasteiger partial charge is 0.495 e. The first-order chi connectivity index (χ1) is 11.3. The monoisotopic (exact) mass is 369 g/mol. The van der Waals surface area contributed by atoms with Crippen LogP contribution in [0.4, 0.5) is 5.69 Å². The Morgan fingerprint density at radius 2 is 1.96 bits per heavy atom. The average Bonchev–Trinajstić information content (AvgIpc) is 2.54. The first-order valence-electron chi connectivity index (χ1n) is 6.79. The summed E-state index contributed by atoms with van der Waals surface area (Å²) in [6, 6.07) is 7.16. The second-order valence-electron chi connectivity index (χ2n) is 4.96. The minimum atomic E-state index is -3.64. The lowest BCUT2D eigenvalue weighted by atomic mass is 10.2. The highest BCUT2D eigenvalue weighted by molar-refractivity contribution is 7.89. The maximum atomic E-state index is 12.3. The van der Waals surface area contributed by atoms with Crippen molar-refractivity contribution in [1.82, 2.24) is 9.29 Å². The SMILES string of the molecule is COc1ccc(S(=O)(=O)N(C)C)cc1NC(=O)c1cc(Cl)ccn1. The molecule has 0 unspecified atom stereocenters. The molecule has 7 nitrogen and oxygen atoms in total. The molecule has 2 rings (SSSR count). The van der Waals surface area contributed by atoms with Crippen LogP contribution in [0.3, 0.4) is 0 Å². The highest BCUT2D eigenvalue weighted by Gasteiger charge is 2.20. The predicted molar refractivity (Wildman–Crippen MR) is 91.1 cm³/mol. The van der Waals surface area contributed by atoms with Crippen LogP contribution in [0.1, 0.15) is 10.5 Å². The van der Waals surface area contributed by atoms with Crippen molar-refractivity contribution >= 4 is 33.2 Å². The van der Waals surface area contributed by atoms with Gasteiger partial charge in [0.1, 0.15) is 11.4 Å². The van der Waals surface area contributed by atoms with Crippen molar-refractivity contribution in [3.63, 3.8) is 0 Å². The van der Waals surface area contributed by atoms with Crippen molar-refractivity contribution in [2.45, 2.75) is 4.90 Å². The Balaban J connectivity index is 2.40. The summed E-state index contributed by atoms with van der Waals surface area (Å²) in [5.74, 6) is -0.210. The van der Waals surface area contributed by atoms with Crippen molar-refractivity contribution in [1.29, 1.82) is 0 Å². The number of halogens is 1. The summed E-state index contributed by atoms with van der Waals surface area (Å²) in [7, 11) is 0.626. The van der Waals surface area contributed by atoms with E-state index >= 15 is 0 Å². The van der Waals surface area contributed by atoms with Gasteiger partial charge in [0.25, 0.3) is 5.91 Å². The van der Waals surface area contributed by atoms with Gasteiger partial charge in [-0.15, -0.1) is 0 Å². The van der Waals surface area contributed by atoms with E-state index in [1.54, 1.807) is 6.07 Å². The third-order valence-electron chi connectivity index (χ3n) is 3.15. The maximum Gasteiger partial charge on any atom is 0.274 e. The van der Waals surface area contributed by atoms with E-state index in [1.807, 2.05) is 0 Å². The van der Waals surface area contributed by atoms with Gasteiger partial charge in [0.15, 0.2) is 0 Å². The van der Waals surface area contributed by atoms with Gasteiger partial charge in [0.2, 0.25) is 10.0 Å². The van der Waals surface area contributed by atoms with Crippen LogP contribution < -0.4 is 10.1 Å². The molecular formula is C15H16ClN3O4S. The number of ether oxygens (including phenoxy) is 1. The van der Waals surface area contributed by atoms with Gasteiger partial charge in [0.05, 0.1) is 17.7 Å². The van der Waals surface area contributed by atoms with Gasteiger partial charge in [-0.2, -0.15) is 0 Å². The molecule has 0 spiro atoms. The first-order valence-corrected chi connectivity index (χ1v) is 8.61. The molecule has 2 aromatic rings. The highest BCUT2D eigenvalue weighted by atomic mass is 35.5. The van der Waals surface area contributed by atoms with Crippen molar-refractivity contribution < 1.29 is 17.9 Å². The van der Waals surface area contributed by atoms with Crippen molar-refractivity contribution in [2.24, 2.45) is 0 Å². The molecule has 0 saturated heterocycles. The quantitative estimate of drug-likeness (QED) is 0.873. The normalized spacial score (nSPS) is 11.4. The summed E-state index contributed by atoms with van der Waals surface area (Å²) in [5.41, 5.74) is 0.317. The maximum absolute atomic E-state index is 12.3. The van der Waals surface area contributed by atoms with Crippen LogP contribution >= 0.6 is 11.6 Å². The number of carbonyl (C=O) groups is 1. The molecule has 1 aromatic carbocycles. The molecule has 0 radical (unpaired) electrons. The molecule has 1 N–H and O–H groups in total. The number of amides is 1.